The minimum Gasteiger partial charge on any atom is -0.457 e. The molecule has 2 N–H and O–H groups in total. The molecule has 1 saturated heterocycles. The maximum absolute atomic E-state index is 13.7. The molecule has 1 fully saturated rings. The minimum absolute atomic E-state index is 0.212. The Morgan fingerprint density at radius 1 is 1.11 bits per heavy atom. The lowest BCUT2D eigenvalue weighted by Gasteiger charge is -2.32. The van der Waals surface area contributed by atoms with Gasteiger partial charge < -0.3 is 9.26 Å². The Labute approximate surface area is 168 Å². The third-order valence-electron chi connectivity index (χ3n) is 4.36. The maximum atomic E-state index is 13.7. The van der Waals surface area contributed by atoms with E-state index < -0.39 is 13.4 Å². The van der Waals surface area contributed by atoms with Crippen molar-refractivity contribution in [1.29, 1.82) is 0 Å². The number of amides is 1. The summed E-state index contributed by atoms with van der Waals surface area (Å²) in [5, 5.41) is 9.94. The second-order valence-corrected chi connectivity index (χ2v) is 9.20. The van der Waals surface area contributed by atoms with E-state index in [1.165, 1.54) is 4.67 Å². The van der Waals surface area contributed by atoms with Crippen LogP contribution in [0.25, 0.3) is 0 Å². The summed E-state index contributed by atoms with van der Waals surface area (Å²) in [6, 6.07) is 13.7. The summed E-state index contributed by atoms with van der Waals surface area (Å²) in [5.41, 5.74) is 1.59. The average Bonchev–Trinajstić information content (AvgIpc) is 2.70. The Kier molecular flexibility index (Phi) is 7.10. The summed E-state index contributed by atoms with van der Waals surface area (Å²) < 4.78 is 26.7. The number of hydrogen-bond donors (Lipinski definition) is 2. The van der Waals surface area contributed by atoms with Crippen molar-refractivity contribution in [3.8, 4) is 11.5 Å². The van der Waals surface area contributed by atoms with Crippen LogP contribution in [0.2, 0.25) is 5.02 Å². The summed E-state index contributed by atoms with van der Waals surface area (Å²) in [6.07, 6.45) is 2.52. The highest BCUT2D eigenvalue weighted by atomic mass is 35.5. The van der Waals surface area contributed by atoms with E-state index in [9.17, 15) is 9.36 Å². The van der Waals surface area contributed by atoms with E-state index in [1.807, 2.05) is 0 Å². The topological polar surface area (TPSA) is 88.1 Å². The van der Waals surface area contributed by atoms with Gasteiger partial charge in [-0.3, -0.25) is 14.6 Å². The zero-order valence-corrected chi connectivity index (χ0v) is 16.9. The molecule has 28 heavy (non-hydrogen) atoms. The molecule has 1 amide bonds. The summed E-state index contributed by atoms with van der Waals surface area (Å²) in [4.78, 5) is 11.7. The number of carbonyl (C=O) groups is 1. The fourth-order valence-electron chi connectivity index (χ4n) is 2.93. The van der Waals surface area contributed by atoms with Crippen molar-refractivity contribution in [3.05, 3.63) is 53.6 Å². The first kappa shape index (κ1) is 20.8. The molecule has 2 aromatic carbocycles. The summed E-state index contributed by atoms with van der Waals surface area (Å²) >= 11 is 5.87. The lowest BCUT2D eigenvalue weighted by molar-refractivity contribution is -0.129. The molecule has 1 atom stereocenters. The van der Waals surface area contributed by atoms with Crippen LogP contribution < -0.4 is 15.5 Å². The van der Waals surface area contributed by atoms with Crippen LogP contribution in [0.3, 0.4) is 0 Å². The molecule has 9 heteroatoms. The first-order valence-corrected chi connectivity index (χ1v) is 10.9. The van der Waals surface area contributed by atoms with Crippen LogP contribution in [0.1, 0.15) is 19.3 Å². The second kappa shape index (κ2) is 9.54. The third kappa shape index (κ3) is 5.13. The van der Waals surface area contributed by atoms with Crippen molar-refractivity contribution in [3.63, 3.8) is 0 Å². The van der Waals surface area contributed by atoms with E-state index in [4.69, 9.17) is 26.1 Å². The summed E-state index contributed by atoms with van der Waals surface area (Å²) in [5.74, 6) is 0.573. The molecular formula is C19H22ClN2O5P. The third-order valence-corrected chi connectivity index (χ3v) is 7.18. The maximum Gasteiger partial charge on any atom is 0.302 e. The predicted molar refractivity (Wildman–Crippen MR) is 107 cm³/mol. The molecular weight excluding hydrogens is 403 g/mol. The number of hydrogen-bond acceptors (Lipinski definition) is 5. The van der Waals surface area contributed by atoms with Crippen LogP contribution in [0.15, 0.2) is 48.5 Å². The van der Waals surface area contributed by atoms with Crippen LogP contribution in [-0.2, 0) is 13.9 Å². The Morgan fingerprint density at radius 3 is 2.39 bits per heavy atom. The molecule has 0 aliphatic carbocycles. The van der Waals surface area contributed by atoms with Gasteiger partial charge in [0.2, 0.25) is 0 Å². The Morgan fingerprint density at radius 2 is 1.75 bits per heavy atom. The van der Waals surface area contributed by atoms with Gasteiger partial charge in [-0.15, -0.1) is 0 Å². The Bertz CT molecular complexity index is 844. The minimum atomic E-state index is -3.43. The van der Waals surface area contributed by atoms with Crippen LogP contribution >= 0.6 is 19.1 Å². The molecule has 1 aliphatic heterocycles. The van der Waals surface area contributed by atoms with E-state index in [1.54, 1.807) is 54.0 Å². The number of nitrogens with zero attached hydrogens (tertiary/aromatic N) is 1. The number of carbonyl (C=O) groups excluding carboxylic acids is 1. The largest absolute Gasteiger partial charge is 0.457 e. The molecule has 1 unspecified atom stereocenters. The number of ether oxygens (including phenoxy) is 1. The molecule has 0 bridgehead atoms. The van der Waals surface area contributed by atoms with Crippen molar-refractivity contribution >= 4 is 30.3 Å². The lowest BCUT2D eigenvalue weighted by atomic mass is 10.2. The van der Waals surface area contributed by atoms with E-state index in [2.05, 4.69) is 0 Å². The van der Waals surface area contributed by atoms with Crippen molar-refractivity contribution < 1.29 is 23.8 Å². The number of nitrogens with one attached hydrogen (secondary N) is 1. The monoisotopic (exact) mass is 424 g/mol. The molecule has 0 aromatic heterocycles. The molecule has 150 valence electrons. The fourth-order valence-corrected chi connectivity index (χ4v) is 5.31. The van der Waals surface area contributed by atoms with Crippen molar-refractivity contribution in [2.75, 3.05) is 19.7 Å². The van der Waals surface area contributed by atoms with Gasteiger partial charge in [0.1, 0.15) is 11.5 Å². The molecule has 2 aromatic rings. The smallest absolute Gasteiger partial charge is 0.302 e. The highest BCUT2D eigenvalue weighted by molar-refractivity contribution is 7.64. The Hall–Kier alpha value is -1.89. The van der Waals surface area contributed by atoms with E-state index in [0.29, 0.717) is 35.0 Å². The fraction of sp³-hybridized carbons (Fsp3) is 0.316. The normalized spacial score (nSPS) is 20.8. The average molecular weight is 425 g/mol. The SMILES string of the molecule is O=C(CN1CCCCCOP1(=O)c1ccc(Oc2ccc(Cl)cc2)cc1)NO. The molecule has 3 rings (SSSR count). The molecule has 0 saturated carbocycles. The van der Waals surface area contributed by atoms with E-state index >= 15 is 0 Å². The van der Waals surface area contributed by atoms with Gasteiger partial charge in [-0.2, -0.15) is 0 Å². The van der Waals surface area contributed by atoms with Crippen LogP contribution in [-0.4, -0.2) is 35.5 Å². The number of hydroxylamine groups is 1. The van der Waals surface area contributed by atoms with Crippen LogP contribution in [0, 0.1) is 0 Å². The summed E-state index contributed by atoms with van der Waals surface area (Å²) in [7, 11) is -3.43. The van der Waals surface area contributed by atoms with Gasteiger partial charge in [0.25, 0.3) is 5.91 Å². The summed E-state index contributed by atoms with van der Waals surface area (Å²) in [6.45, 7) is 0.572. The van der Waals surface area contributed by atoms with E-state index in [-0.39, 0.29) is 6.54 Å². The number of rotatable bonds is 5. The van der Waals surface area contributed by atoms with Crippen molar-refractivity contribution in [2.45, 2.75) is 19.3 Å². The Balaban J connectivity index is 1.82. The van der Waals surface area contributed by atoms with Gasteiger partial charge in [-0.25, -0.2) is 10.2 Å². The van der Waals surface area contributed by atoms with Crippen LogP contribution in [0.5, 0.6) is 11.5 Å². The lowest BCUT2D eigenvalue weighted by Crippen LogP contribution is -2.38. The molecule has 1 heterocycles. The predicted octanol–water partition coefficient (Wildman–Crippen LogP) is 3.96. The zero-order chi connectivity index (χ0) is 20.0. The van der Waals surface area contributed by atoms with Crippen molar-refractivity contribution in [2.24, 2.45) is 0 Å². The standard InChI is InChI=1S/C19H22ClN2O5P/c20-15-4-6-16(7-5-15)27-17-8-10-18(11-9-17)28(25)22(14-19(23)21-24)12-2-1-3-13-26-28/h4-11,24H,1-3,12-14H2,(H,21,23). The van der Waals surface area contributed by atoms with Gasteiger partial charge >= 0.3 is 7.52 Å². The highest BCUT2D eigenvalue weighted by Crippen LogP contribution is 2.50. The first-order chi connectivity index (χ1) is 13.5. The molecule has 1 aliphatic rings. The highest BCUT2D eigenvalue weighted by Gasteiger charge is 2.36. The van der Waals surface area contributed by atoms with Gasteiger partial charge in [0.05, 0.1) is 18.5 Å². The second-order valence-electron chi connectivity index (χ2n) is 6.39. The number of halogens is 1. The van der Waals surface area contributed by atoms with Gasteiger partial charge in [-0.05, 0) is 67.8 Å². The quantitative estimate of drug-likeness (QED) is 0.429. The van der Waals surface area contributed by atoms with Crippen molar-refractivity contribution in [1.82, 2.24) is 10.2 Å². The molecule has 0 spiro atoms. The zero-order valence-electron chi connectivity index (χ0n) is 15.2. The number of benzene rings is 2. The van der Waals surface area contributed by atoms with Gasteiger partial charge in [0, 0.05) is 11.6 Å². The molecule has 0 radical (unpaired) electrons. The molecule has 7 nitrogen and oxygen atoms in total. The van der Waals surface area contributed by atoms with Gasteiger partial charge in [-0.1, -0.05) is 11.6 Å². The van der Waals surface area contributed by atoms with Gasteiger partial charge in [0.15, 0.2) is 0 Å². The van der Waals surface area contributed by atoms with E-state index in [0.717, 1.165) is 19.3 Å². The first-order valence-electron chi connectivity index (χ1n) is 8.98. The van der Waals surface area contributed by atoms with Crippen LogP contribution in [0.4, 0.5) is 0 Å².